The minimum atomic E-state index is 0.763. The van der Waals surface area contributed by atoms with Gasteiger partial charge in [-0.15, -0.1) is 11.3 Å². The highest BCUT2D eigenvalue weighted by Crippen LogP contribution is 2.38. The number of hydrogen-bond acceptors (Lipinski definition) is 6. The zero-order chi connectivity index (χ0) is 16.6. The first kappa shape index (κ1) is 14.7. The van der Waals surface area contributed by atoms with Gasteiger partial charge in [0, 0.05) is 42.6 Å². The van der Waals surface area contributed by atoms with Crippen LogP contribution in [0, 0.1) is 0 Å². The summed E-state index contributed by atoms with van der Waals surface area (Å²) in [5, 5.41) is 1.11. The molecule has 0 spiro atoms. The number of hydrogen-bond donors (Lipinski definition) is 0. The minimum absolute atomic E-state index is 0.763. The lowest BCUT2D eigenvalue weighted by molar-refractivity contribution is 0.575. The van der Waals surface area contributed by atoms with Gasteiger partial charge in [0.05, 0.1) is 10.2 Å². The third kappa shape index (κ3) is 2.53. The molecule has 0 atom stereocenters. The molecule has 1 aliphatic rings. The van der Waals surface area contributed by atoms with Crippen LogP contribution in [0.4, 0.5) is 5.82 Å². The van der Waals surface area contributed by atoms with Crippen molar-refractivity contribution < 1.29 is 0 Å². The predicted octanol–water partition coefficient (Wildman–Crippen LogP) is 4.29. The van der Waals surface area contributed by atoms with Crippen molar-refractivity contribution in [3.63, 3.8) is 0 Å². The fourth-order valence-corrected chi connectivity index (χ4v) is 4.51. The molecule has 1 aliphatic heterocycles. The van der Waals surface area contributed by atoms with Crippen molar-refractivity contribution in [3.8, 4) is 11.4 Å². The summed E-state index contributed by atoms with van der Waals surface area (Å²) >= 11 is 1.70. The molecule has 25 heavy (non-hydrogen) atoms. The average Bonchev–Trinajstić information content (AvgIpc) is 3.07. The Bertz CT molecular complexity index is 1040. The topological polar surface area (TPSA) is 54.8 Å². The monoisotopic (exact) mass is 347 g/mol. The molecule has 4 aromatic heterocycles. The van der Waals surface area contributed by atoms with E-state index >= 15 is 0 Å². The highest BCUT2D eigenvalue weighted by molar-refractivity contribution is 7.25. The van der Waals surface area contributed by atoms with Gasteiger partial charge >= 0.3 is 0 Å². The highest BCUT2D eigenvalue weighted by Gasteiger charge is 2.21. The summed E-state index contributed by atoms with van der Waals surface area (Å²) in [6.45, 7) is 2.12. The van der Waals surface area contributed by atoms with E-state index in [0.29, 0.717) is 0 Å². The summed E-state index contributed by atoms with van der Waals surface area (Å²) < 4.78 is 1.15. The second kappa shape index (κ2) is 6.04. The van der Waals surface area contributed by atoms with Crippen molar-refractivity contribution in [2.24, 2.45) is 0 Å². The van der Waals surface area contributed by atoms with E-state index in [-0.39, 0.29) is 0 Å². The van der Waals surface area contributed by atoms with E-state index in [1.54, 1.807) is 23.7 Å². The number of pyridine rings is 2. The fourth-order valence-electron chi connectivity index (χ4n) is 3.41. The molecule has 6 heteroatoms. The van der Waals surface area contributed by atoms with Crippen molar-refractivity contribution >= 4 is 37.6 Å². The lowest BCUT2D eigenvalue weighted by atomic mass is 10.1. The van der Waals surface area contributed by atoms with Crippen molar-refractivity contribution in [1.82, 2.24) is 19.9 Å². The van der Waals surface area contributed by atoms with Gasteiger partial charge in [0.15, 0.2) is 11.6 Å². The third-order valence-electron chi connectivity index (χ3n) is 4.67. The van der Waals surface area contributed by atoms with E-state index in [0.717, 1.165) is 50.7 Å². The van der Waals surface area contributed by atoms with Gasteiger partial charge in [-0.2, -0.15) is 0 Å². The second-order valence-corrected chi connectivity index (χ2v) is 7.29. The van der Waals surface area contributed by atoms with E-state index in [4.69, 9.17) is 9.97 Å². The SMILES string of the molecule is c1cnc2sc3c(N4CCCCC4)nc(-c4ccncc4)nc3c2c1. The maximum Gasteiger partial charge on any atom is 0.162 e. The quantitative estimate of drug-likeness (QED) is 0.541. The molecule has 0 aliphatic carbocycles. The zero-order valence-corrected chi connectivity index (χ0v) is 14.5. The Morgan fingerprint density at radius 2 is 1.76 bits per heavy atom. The number of fused-ring (bicyclic) bond motifs is 3. The first-order valence-corrected chi connectivity index (χ1v) is 9.42. The summed E-state index contributed by atoms with van der Waals surface area (Å²) in [5.74, 6) is 1.82. The molecule has 0 aromatic carbocycles. The van der Waals surface area contributed by atoms with Gasteiger partial charge in [-0.25, -0.2) is 15.0 Å². The Morgan fingerprint density at radius 1 is 0.920 bits per heavy atom. The molecule has 0 amide bonds. The van der Waals surface area contributed by atoms with Crippen LogP contribution < -0.4 is 4.90 Å². The number of aromatic nitrogens is 4. The number of anilines is 1. The molecule has 5 rings (SSSR count). The summed E-state index contributed by atoms with van der Waals surface area (Å²) in [4.78, 5) is 21.9. The summed E-state index contributed by atoms with van der Waals surface area (Å²) in [6, 6.07) is 8.01. The molecule has 4 aromatic rings. The number of piperidine rings is 1. The van der Waals surface area contributed by atoms with Crippen LogP contribution >= 0.6 is 11.3 Å². The Labute approximate surface area is 149 Å². The van der Waals surface area contributed by atoms with Crippen LogP contribution in [0.5, 0.6) is 0 Å². The Hall–Kier alpha value is -2.60. The van der Waals surface area contributed by atoms with Crippen molar-refractivity contribution in [3.05, 3.63) is 42.9 Å². The molecule has 0 bridgehead atoms. The smallest absolute Gasteiger partial charge is 0.162 e. The Kier molecular flexibility index (Phi) is 3.56. The van der Waals surface area contributed by atoms with Gasteiger partial charge in [0.1, 0.15) is 4.83 Å². The molecule has 124 valence electrons. The van der Waals surface area contributed by atoms with E-state index in [9.17, 15) is 0 Å². The van der Waals surface area contributed by atoms with Gasteiger partial charge in [0.2, 0.25) is 0 Å². The lowest BCUT2D eigenvalue weighted by Crippen LogP contribution is -2.30. The van der Waals surface area contributed by atoms with Gasteiger partial charge in [0.25, 0.3) is 0 Å². The van der Waals surface area contributed by atoms with Gasteiger partial charge in [-0.3, -0.25) is 4.98 Å². The summed E-state index contributed by atoms with van der Waals surface area (Å²) in [5.41, 5.74) is 2.01. The zero-order valence-electron chi connectivity index (χ0n) is 13.7. The summed E-state index contributed by atoms with van der Waals surface area (Å²) in [7, 11) is 0. The van der Waals surface area contributed by atoms with Crippen LogP contribution in [0.1, 0.15) is 19.3 Å². The number of rotatable bonds is 2. The van der Waals surface area contributed by atoms with Crippen molar-refractivity contribution in [2.75, 3.05) is 18.0 Å². The Balaban J connectivity index is 1.80. The van der Waals surface area contributed by atoms with Gasteiger partial charge in [-0.1, -0.05) is 0 Å². The lowest BCUT2D eigenvalue weighted by Gasteiger charge is -2.28. The van der Waals surface area contributed by atoms with Gasteiger partial charge in [-0.05, 0) is 43.5 Å². The number of thiophene rings is 1. The van der Waals surface area contributed by atoms with Crippen molar-refractivity contribution in [2.45, 2.75) is 19.3 Å². The molecule has 5 heterocycles. The normalized spacial score (nSPS) is 15.1. The molecule has 0 radical (unpaired) electrons. The van der Waals surface area contributed by atoms with E-state index in [2.05, 4.69) is 20.9 Å². The van der Waals surface area contributed by atoms with E-state index in [1.165, 1.54) is 19.3 Å². The molecule has 0 unspecified atom stereocenters. The molecular weight excluding hydrogens is 330 g/mol. The standard InChI is InChI=1S/C19H17N5S/c1-2-11-24(12-3-1)18-16-15(14-5-4-8-21-19(14)25-16)22-17(23-18)13-6-9-20-10-7-13/h4-10H,1-3,11-12H2. The van der Waals surface area contributed by atoms with E-state index in [1.807, 2.05) is 24.4 Å². The molecule has 0 N–H and O–H groups in total. The first-order chi connectivity index (χ1) is 12.4. The Morgan fingerprint density at radius 3 is 2.60 bits per heavy atom. The first-order valence-electron chi connectivity index (χ1n) is 8.61. The molecular formula is C19H17N5S. The van der Waals surface area contributed by atoms with Crippen LogP contribution in [0.3, 0.4) is 0 Å². The van der Waals surface area contributed by atoms with Crippen LogP contribution in [0.15, 0.2) is 42.9 Å². The molecule has 1 fully saturated rings. The van der Waals surface area contributed by atoms with Gasteiger partial charge < -0.3 is 4.90 Å². The maximum absolute atomic E-state index is 4.96. The molecule has 0 saturated carbocycles. The largest absolute Gasteiger partial charge is 0.355 e. The van der Waals surface area contributed by atoms with Crippen LogP contribution in [-0.4, -0.2) is 33.0 Å². The average molecular weight is 347 g/mol. The predicted molar refractivity (Wildman–Crippen MR) is 102 cm³/mol. The third-order valence-corrected chi connectivity index (χ3v) is 5.77. The maximum atomic E-state index is 4.96. The van der Waals surface area contributed by atoms with Crippen LogP contribution in [0.25, 0.3) is 31.8 Å². The second-order valence-electron chi connectivity index (χ2n) is 6.29. The van der Waals surface area contributed by atoms with Crippen LogP contribution in [0.2, 0.25) is 0 Å². The molecule has 5 nitrogen and oxygen atoms in total. The highest BCUT2D eigenvalue weighted by atomic mass is 32.1. The minimum Gasteiger partial charge on any atom is -0.355 e. The van der Waals surface area contributed by atoms with E-state index < -0.39 is 0 Å². The fraction of sp³-hybridized carbons (Fsp3) is 0.263. The van der Waals surface area contributed by atoms with Crippen LogP contribution in [-0.2, 0) is 0 Å². The summed E-state index contributed by atoms with van der Waals surface area (Å²) in [6.07, 6.45) is 9.16. The number of nitrogens with zero attached hydrogens (tertiary/aromatic N) is 5. The molecule has 1 saturated heterocycles. The van der Waals surface area contributed by atoms with Crippen molar-refractivity contribution in [1.29, 1.82) is 0 Å².